The van der Waals surface area contributed by atoms with Crippen molar-refractivity contribution in [3.63, 3.8) is 0 Å². The second-order valence-electron chi connectivity index (χ2n) is 3.50. The standard InChI is InChI=1S/C10H18O2/c1-3-5-6-8-7-9(8)10(11)12-4-2/h8-9H,3-7H2,1-2H3/t8-,9+/m0/s1. The first-order valence-corrected chi connectivity index (χ1v) is 4.96. The van der Waals surface area contributed by atoms with Crippen LogP contribution in [0.4, 0.5) is 0 Å². The van der Waals surface area contributed by atoms with Gasteiger partial charge >= 0.3 is 5.97 Å². The number of ether oxygens (including phenoxy) is 1. The average molecular weight is 170 g/mol. The Kier molecular flexibility index (Phi) is 3.57. The van der Waals surface area contributed by atoms with Crippen LogP contribution in [0.1, 0.15) is 39.5 Å². The summed E-state index contributed by atoms with van der Waals surface area (Å²) in [6, 6.07) is 0. The molecule has 0 heterocycles. The minimum atomic E-state index is 0.0265. The summed E-state index contributed by atoms with van der Waals surface area (Å²) >= 11 is 0. The first-order chi connectivity index (χ1) is 5.79. The number of rotatable bonds is 5. The lowest BCUT2D eigenvalue weighted by molar-refractivity contribution is -0.145. The van der Waals surface area contributed by atoms with Crippen LogP contribution in [0.5, 0.6) is 0 Å². The third-order valence-corrected chi connectivity index (χ3v) is 2.44. The SMILES string of the molecule is CCCC[C@H]1C[C@H]1C(=O)OCC. The van der Waals surface area contributed by atoms with Gasteiger partial charge in [-0.3, -0.25) is 4.79 Å². The van der Waals surface area contributed by atoms with E-state index in [1.807, 2.05) is 6.92 Å². The zero-order valence-electron chi connectivity index (χ0n) is 8.01. The van der Waals surface area contributed by atoms with Crippen molar-refractivity contribution in [1.82, 2.24) is 0 Å². The molecule has 1 saturated carbocycles. The lowest BCUT2D eigenvalue weighted by Gasteiger charge is -1.99. The molecule has 0 aromatic rings. The second kappa shape index (κ2) is 4.48. The van der Waals surface area contributed by atoms with Crippen LogP contribution in [0.25, 0.3) is 0 Å². The van der Waals surface area contributed by atoms with Crippen molar-refractivity contribution in [1.29, 1.82) is 0 Å². The predicted molar refractivity (Wildman–Crippen MR) is 47.8 cm³/mol. The normalized spacial score (nSPS) is 26.8. The Morgan fingerprint density at radius 1 is 1.50 bits per heavy atom. The molecule has 0 unspecified atom stereocenters. The fourth-order valence-electron chi connectivity index (χ4n) is 1.57. The van der Waals surface area contributed by atoms with E-state index in [9.17, 15) is 4.79 Å². The Morgan fingerprint density at radius 3 is 2.83 bits per heavy atom. The van der Waals surface area contributed by atoms with E-state index < -0.39 is 0 Å². The molecule has 0 radical (unpaired) electrons. The molecular weight excluding hydrogens is 152 g/mol. The number of carbonyl (C=O) groups excluding carboxylic acids is 1. The predicted octanol–water partition coefficient (Wildman–Crippen LogP) is 2.38. The van der Waals surface area contributed by atoms with Gasteiger partial charge in [0, 0.05) is 0 Å². The summed E-state index contributed by atoms with van der Waals surface area (Å²) in [5, 5.41) is 0. The highest BCUT2D eigenvalue weighted by Crippen LogP contribution is 2.43. The van der Waals surface area contributed by atoms with E-state index in [1.165, 1.54) is 19.3 Å². The molecule has 0 N–H and O–H groups in total. The van der Waals surface area contributed by atoms with E-state index in [2.05, 4.69) is 6.92 Å². The number of hydrogen-bond donors (Lipinski definition) is 0. The fourth-order valence-corrected chi connectivity index (χ4v) is 1.57. The summed E-state index contributed by atoms with van der Waals surface area (Å²) in [7, 11) is 0. The summed E-state index contributed by atoms with van der Waals surface area (Å²) in [5.41, 5.74) is 0. The summed E-state index contributed by atoms with van der Waals surface area (Å²) in [5.74, 6) is 0.916. The summed E-state index contributed by atoms with van der Waals surface area (Å²) in [6.07, 6.45) is 4.76. The quantitative estimate of drug-likeness (QED) is 0.592. The summed E-state index contributed by atoms with van der Waals surface area (Å²) < 4.78 is 4.94. The third kappa shape index (κ3) is 2.50. The van der Waals surface area contributed by atoms with Crippen LogP contribution in [0, 0.1) is 11.8 Å². The van der Waals surface area contributed by atoms with Crippen molar-refractivity contribution in [3.05, 3.63) is 0 Å². The molecule has 1 fully saturated rings. The molecule has 2 atom stereocenters. The van der Waals surface area contributed by atoms with Gasteiger partial charge in [-0.15, -0.1) is 0 Å². The molecular formula is C10H18O2. The smallest absolute Gasteiger partial charge is 0.309 e. The lowest BCUT2D eigenvalue weighted by atomic mass is 10.1. The van der Waals surface area contributed by atoms with Crippen LogP contribution >= 0.6 is 0 Å². The van der Waals surface area contributed by atoms with Crippen LogP contribution in [-0.4, -0.2) is 12.6 Å². The van der Waals surface area contributed by atoms with Crippen molar-refractivity contribution < 1.29 is 9.53 Å². The molecule has 12 heavy (non-hydrogen) atoms. The molecule has 2 heteroatoms. The van der Waals surface area contributed by atoms with Crippen LogP contribution in [0.3, 0.4) is 0 Å². The zero-order valence-corrected chi connectivity index (χ0v) is 8.01. The zero-order chi connectivity index (χ0) is 8.97. The van der Waals surface area contributed by atoms with E-state index in [-0.39, 0.29) is 11.9 Å². The van der Waals surface area contributed by atoms with Crippen molar-refractivity contribution in [2.24, 2.45) is 11.8 Å². The fraction of sp³-hybridized carbons (Fsp3) is 0.900. The molecule has 1 aliphatic rings. The minimum absolute atomic E-state index is 0.0265. The van der Waals surface area contributed by atoms with Gasteiger partial charge in [-0.1, -0.05) is 19.8 Å². The van der Waals surface area contributed by atoms with Crippen LogP contribution in [-0.2, 0) is 9.53 Å². The van der Waals surface area contributed by atoms with Gasteiger partial charge in [0.1, 0.15) is 0 Å². The highest BCUT2D eigenvalue weighted by Gasteiger charge is 2.43. The van der Waals surface area contributed by atoms with Crippen molar-refractivity contribution in [2.45, 2.75) is 39.5 Å². The number of esters is 1. The van der Waals surface area contributed by atoms with Gasteiger partial charge in [-0.05, 0) is 25.7 Å². The van der Waals surface area contributed by atoms with Crippen molar-refractivity contribution >= 4 is 5.97 Å². The minimum Gasteiger partial charge on any atom is -0.466 e. The Labute approximate surface area is 74.3 Å². The number of carbonyl (C=O) groups is 1. The number of hydrogen-bond acceptors (Lipinski definition) is 2. The monoisotopic (exact) mass is 170 g/mol. The van der Waals surface area contributed by atoms with Gasteiger partial charge in [0.25, 0.3) is 0 Å². The molecule has 0 amide bonds. The van der Waals surface area contributed by atoms with E-state index in [1.54, 1.807) is 0 Å². The van der Waals surface area contributed by atoms with Gasteiger partial charge < -0.3 is 4.74 Å². The maximum Gasteiger partial charge on any atom is 0.309 e. The Hall–Kier alpha value is -0.530. The Balaban J connectivity index is 2.10. The molecule has 2 nitrogen and oxygen atoms in total. The first-order valence-electron chi connectivity index (χ1n) is 4.96. The van der Waals surface area contributed by atoms with Gasteiger partial charge in [0.2, 0.25) is 0 Å². The first kappa shape index (κ1) is 9.56. The van der Waals surface area contributed by atoms with Crippen molar-refractivity contribution in [2.75, 3.05) is 6.61 Å². The molecule has 0 spiro atoms. The largest absolute Gasteiger partial charge is 0.466 e. The van der Waals surface area contributed by atoms with Gasteiger partial charge in [-0.2, -0.15) is 0 Å². The Bertz CT molecular complexity index is 154. The van der Waals surface area contributed by atoms with E-state index in [0.717, 1.165) is 6.42 Å². The maximum atomic E-state index is 11.2. The van der Waals surface area contributed by atoms with E-state index in [0.29, 0.717) is 12.5 Å². The second-order valence-corrected chi connectivity index (χ2v) is 3.50. The van der Waals surface area contributed by atoms with Gasteiger partial charge in [-0.25, -0.2) is 0 Å². The topological polar surface area (TPSA) is 26.3 Å². The van der Waals surface area contributed by atoms with E-state index >= 15 is 0 Å². The third-order valence-electron chi connectivity index (χ3n) is 2.44. The van der Waals surface area contributed by atoms with Gasteiger partial charge in [0.15, 0.2) is 0 Å². The maximum absolute atomic E-state index is 11.2. The molecule has 70 valence electrons. The van der Waals surface area contributed by atoms with Crippen molar-refractivity contribution in [3.8, 4) is 0 Å². The highest BCUT2D eigenvalue weighted by molar-refractivity contribution is 5.75. The van der Waals surface area contributed by atoms with Crippen LogP contribution in [0.15, 0.2) is 0 Å². The molecule has 0 saturated heterocycles. The molecule has 1 aliphatic carbocycles. The molecule has 0 aromatic heterocycles. The lowest BCUT2D eigenvalue weighted by Crippen LogP contribution is -2.07. The molecule has 1 rings (SSSR count). The average Bonchev–Trinajstić information content (AvgIpc) is 2.80. The van der Waals surface area contributed by atoms with Crippen LogP contribution < -0.4 is 0 Å². The highest BCUT2D eigenvalue weighted by atomic mass is 16.5. The molecule has 0 bridgehead atoms. The Morgan fingerprint density at radius 2 is 2.25 bits per heavy atom. The molecule has 0 aromatic carbocycles. The van der Waals surface area contributed by atoms with E-state index in [4.69, 9.17) is 4.74 Å². The number of unbranched alkanes of at least 4 members (excludes halogenated alkanes) is 1. The van der Waals surface area contributed by atoms with Gasteiger partial charge in [0.05, 0.1) is 12.5 Å². The molecule has 0 aliphatic heterocycles. The summed E-state index contributed by atoms with van der Waals surface area (Å²) in [6.45, 7) is 4.57. The van der Waals surface area contributed by atoms with Crippen LogP contribution in [0.2, 0.25) is 0 Å². The summed E-state index contributed by atoms with van der Waals surface area (Å²) in [4.78, 5) is 11.2.